The third-order valence-electron chi connectivity index (χ3n) is 4.80. The molecule has 2 aliphatic rings. The fraction of sp³-hybridized carbons (Fsp3) is 0.647. The Kier molecular flexibility index (Phi) is 4.86. The van der Waals surface area contributed by atoms with Gasteiger partial charge >= 0.3 is 0 Å². The van der Waals surface area contributed by atoms with Crippen LogP contribution in [0.4, 0.5) is 0 Å². The van der Waals surface area contributed by atoms with Gasteiger partial charge in [-0.2, -0.15) is 0 Å². The van der Waals surface area contributed by atoms with Crippen LogP contribution in [-0.4, -0.2) is 24.1 Å². The van der Waals surface area contributed by atoms with Gasteiger partial charge in [0, 0.05) is 31.5 Å². The molecule has 0 aromatic carbocycles. The van der Waals surface area contributed by atoms with Crippen LogP contribution in [-0.2, 0) is 9.53 Å². The molecule has 21 heavy (non-hydrogen) atoms. The third-order valence-corrected chi connectivity index (χ3v) is 4.80. The molecule has 1 aliphatic carbocycles. The number of amides is 1. The molecule has 1 N–H and O–H groups in total. The summed E-state index contributed by atoms with van der Waals surface area (Å²) in [6.45, 7) is 1.58. The number of aromatic nitrogens is 1. The Labute approximate surface area is 126 Å². The molecule has 4 nitrogen and oxygen atoms in total. The van der Waals surface area contributed by atoms with Gasteiger partial charge in [-0.3, -0.25) is 9.78 Å². The molecule has 1 aliphatic heterocycles. The summed E-state index contributed by atoms with van der Waals surface area (Å²) in [6.07, 6.45) is 10.1. The fourth-order valence-electron chi connectivity index (χ4n) is 3.54. The van der Waals surface area contributed by atoms with Crippen LogP contribution < -0.4 is 5.32 Å². The van der Waals surface area contributed by atoms with E-state index in [9.17, 15) is 4.79 Å². The highest BCUT2D eigenvalue weighted by Gasteiger charge is 2.30. The van der Waals surface area contributed by atoms with E-state index in [0.29, 0.717) is 5.92 Å². The Morgan fingerprint density at radius 3 is 2.67 bits per heavy atom. The maximum absolute atomic E-state index is 12.5. The molecule has 1 aromatic heterocycles. The Balaban J connectivity index is 1.73. The number of ether oxygens (including phenoxy) is 1. The highest BCUT2D eigenvalue weighted by molar-refractivity contribution is 5.79. The predicted molar refractivity (Wildman–Crippen MR) is 80.6 cm³/mol. The minimum Gasteiger partial charge on any atom is -0.381 e. The fourth-order valence-corrected chi connectivity index (χ4v) is 3.54. The highest BCUT2D eigenvalue weighted by Crippen LogP contribution is 2.31. The molecule has 1 unspecified atom stereocenters. The summed E-state index contributed by atoms with van der Waals surface area (Å²) in [6, 6.07) is 4.10. The molecule has 1 atom stereocenters. The van der Waals surface area contributed by atoms with Crippen LogP contribution in [0, 0.1) is 11.8 Å². The molecule has 1 aromatic rings. The molecule has 2 heterocycles. The van der Waals surface area contributed by atoms with Crippen molar-refractivity contribution in [2.24, 2.45) is 11.8 Å². The van der Waals surface area contributed by atoms with Crippen LogP contribution in [0.5, 0.6) is 0 Å². The van der Waals surface area contributed by atoms with Crippen molar-refractivity contribution in [3.8, 4) is 0 Å². The number of rotatable bonds is 4. The Hall–Kier alpha value is -1.42. The first-order chi connectivity index (χ1) is 10.3. The van der Waals surface area contributed by atoms with Crippen LogP contribution >= 0.6 is 0 Å². The second-order valence-electron chi connectivity index (χ2n) is 6.20. The largest absolute Gasteiger partial charge is 0.381 e. The van der Waals surface area contributed by atoms with Crippen LogP contribution in [0.1, 0.15) is 50.1 Å². The van der Waals surface area contributed by atoms with E-state index < -0.39 is 0 Å². The summed E-state index contributed by atoms with van der Waals surface area (Å²) < 4.78 is 5.46. The zero-order valence-corrected chi connectivity index (χ0v) is 12.5. The van der Waals surface area contributed by atoms with Gasteiger partial charge in [-0.15, -0.1) is 0 Å². The van der Waals surface area contributed by atoms with Gasteiger partial charge < -0.3 is 10.1 Å². The van der Waals surface area contributed by atoms with E-state index >= 15 is 0 Å². The minimum atomic E-state index is 0.0794. The van der Waals surface area contributed by atoms with Crippen molar-refractivity contribution in [3.05, 3.63) is 30.1 Å². The summed E-state index contributed by atoms with van der Waals surface area (Å²) >= 11 is 0. The maximum atomic E-state index is 12.5. The van der Waals surface area contributed by atoms with E-state index in [1.165, 1.54) is 12.8 Å². The molecule has 114 valence electrons. The zero-order valence-electron chi connectivity index (χ0n) is 12.5. The number of hydrogen-bond acceptors (Lipinski definition) is 3. The first kappa shape index (κ1) is 14.5. The van der Waals surface area contributed by atoms with Gasteiger partial charge in [0.1, 0.15) is 0 Å². The molecule has 0 radical (unpaired) electrons. The number of carbonyl (C=O) groups is 1. The van der Waals surface area contributed by atoms with E-state index in [4.69, 9.17) is 4.74 Å². The van der Waals surface area contributed by atoms with Crippen LogP contribution in [0.3, 0.4) is 0 Å². The van der Waals surface area contributed by atoms with Crippen molar-refractivity contribution in [1.29, 1.82) is 0 Å². The van der Waals surface area contributed by atoms with Crippen LogP contribution in [0.15, 0.2) is 24.5 Å². The standard InChI is InChI=1S/C17H24N2O2/c20-17(14-4-1-2-5-14)19-16(13-7-10-21-11-8-13)15-6-3-9-18-12-15/h3,6,9,12-14,16H,1-2,4-5,7-8,10-11H2,(H,19,20). The van der Waals surface area contributed by atoms with Crippen LogP contribution in [0.2, 0.25) is 0 Å². The van der Waals surface area contributed by atoms with Crippen molar-refractivity contribution in [2.75, 3.05) is 13.2 Å². The van der Waals surface area contributed by atoms with Gasteiger partial charge in [-0.1, -0.05) is 18.9 Å². The van der Waals surface area contributed by atoms with E-state index in [0.717, 1.165) is 44.5 Å². The lowest BCUT2D eigenvalue weighted by Gasteiger charge is -2.32. The summed E-state index contributed by atoms with van der Waals surface area (Å²) in [5.74, 6) is 0.894. The molecular formula is C17H24N2O2. The molecule has 1 saturated carbocycles. The molecule has 0 bridgehead atoms. The quantitative estimate of drug-likeness (QED) is 0.927. The summed E-state index contributed by atoms with van der Waals surface area (Å²) in [7, 11) is 0. The molecule has 4 heteroatoms. The van der Waals surface area contributed by atoms with Gasteiger partial charge in [-0.05, 0) is 43.2 Å². The Bertz CT molecular complexity index is 451. The molecule has 3 rings (SSSR count). The molecular weight excluding hydrogens is 264 g/mol. The number of nitrogens with one attached hydrogen (secondary N) is 1. The van der Waals surface area contributed by atoms with E-state index in [2.05, 4.69) is 16.4 Å². The molecule has 1 saturated heterocycles. The maximum Gasteiger partial charge on any atom is 0.223 e. The normalized spacial score (nSPS) is 22.1. The average molecular weight is 288 g/mol. The van der Waals surface area contributed by atoms with Gasteiger partial charge in [0.2, 0.25) is 5.91 Å². The lowest BCUT2D eigenvalue weighted by molar-refractivity contribution is -0.126. The predicted octanol–water partition coefficient (Wildman–Crippen LogP) is 2.86. The number of pyridine rings is 1. The monoisotopic (exact) mass is 288 g/mol. The van der Waals surface area contributed by atoms with Crippen molar-refractivity contribution >= 4 is 5.91 Å². The first-order valence-corrected chi connectivity index (χ1v) is 8.12. The topological polar surface area (TPSA) is 51.2 Å². The van der Waals surface area contributed by atoms with E-state index in [1.54, 1.807) is 6.20 Å². The van der Waals surface area contributed by atoms with Gasteiger partial charge in [-0.25, -0.2) is 0 Å². The molecule has 2 fully saturated rings. The average Bonchev–Trinajstić information content (AvgIpc) is 3.09. The summed E-state index contributed by atoms with van der Waals surface area (Å²) in [5, 5.41) is 3.31. The molecule has 1 amide bonds. The summed E-state index contributed by atoms with van der Waals surface area (Å²) in [4.78, 5) is 16.7. The van der Waals surface area contributed by atoms with Crippen molar-refractivity contribution < 1.29 is 9.53 Å². The Morgan fingerprint density at radius 2 is 2.00 bits per heavy atom. The van der Waals surface area contributed by atoms with E-state index in [1.807, 2.05) is 12.3 Å². The smallest absolute Gasteiger partial charge is 0.223 e. The summed E-state index contributed by atoms with van der Waals surface area (Å²) in [5.41, 5.74) is 1.12. The minimum absolute atomic E-state index is 0.0794. The number of hydrogen-bond donors (Lipinski definition) is 1. The number of nitrogens with zero attached hydrogens (tertiary/aromatic N) is 1. The van der Waals surface area contributed by atoms with E-state index in [-0.39, 0.29) is 17.9 Å². The van der Waals surface area contributed by atoms with Gasteiger partial charge in [0.05, 0.1) is 6.04 Å². The number of carbonyl (C=O) groups excluding carboxylic acids is 1. The molecule has 0 spiro atoms. The SMILES string of the molecule is O=C(NC(c1cccnc1)C1CCOCC1)C1CCCC1. The second kappa shape index (κ2) is 7.03. The lowest BCUT2D eigenvalue weighted by atomic mass is 9.87. The van der Waals surface area contributed by atoms with Crippen LogP contribution in [0.25, 0.3) is 0 Å². The lowest BCUT2D eigenvalue weighted by Crippen LogP contribution is -2.38. The third kappa shape index (κ3) is 3.62. The first-order valence-electron chi connectivity index (χ1n) is 8.12. The zero-order chi connectivity index (χ0) is 14.5. The Morgan fingerprint density at radius 1 is 1.24 bits per heavy atom. The van der Waals surface area contributed by atoms with Crippen molar-refractivity contribution in [2.45, 2.75) is 44.6 Å². The van der Waals surface area contributed by atoms with Crippen molar-refractivity contribution in [3.63, 3.8) is 0 Å². The van der Waals surface area contributed by atoms with Gasteiger partial charge in [0.15, 0.2) is 0 Å². The van der Waals surface area contributed by atoms with Crippen molar-refractivity contribution in [1.82, 2.24) is 10.3 Å². The second-order valence-corrected chi connectivity index (χ2v) is 6.20. The highest BCUT2D eigenvalue weighted by atomic mass is 16.5. The van der Waals surface area contributed by atoms with Gasteiger partial charge in [0.25, 0.3) is 0 Å².